The number of nitrogens with zero attached hydrogens (tertiary/aromatic N) is 9. The Morgan fingerprint density at radius 1 is 0.545 bits per heavy atom. The number of phenolic OH excluding ortho intramolecular Hbond substituents is 1. The van der Waals surface area contributed by atoms with Crippen molar-refractivity contribution < 1.29 is 84.4 Å². The number of benzene rings is 8. The summed E-state index contributed by atoms with van der Waals surface area (Å²) in [4.78, 5) is 0.732. The van der Waals surface area contributed by atoms with Crippen molar-refractivity contribution in [3.8, 4) is 22.9 Å². The summed E-state index contributed by atoms with van der Waals surface area (Å²) in [6.07, 6.45) is 0. The molecule has 0 amide bonds. The summed E-state index contributed by atoms with van der Waals surface area (Å²) in [5.74, 6) is 0.00762. The molecule has 8 aromatic carbocycles. The normalized spacial score (nSPS) is 12.5. The molecule has 6 N–H and O–H groups in total. The monoisotopic (exact) mass is 1150 g/mol. The van der Waals surface area contributed by atoms with E-state index in [1.165, 1.54) is 56.7 Å². The summed E-state index contributed by atoms with van der Waals surface area (Å²) >= 11 is 1.95. The third-order valence-electron chi connectivity index (χ3n) is 11.1. The van der Waals surface area contributed by atoms with Gasteiger partial charge in [-0.05, 0) is 114 Å². The quantitative estimate of drug-likeness (QED) is 0.0136. The lowest BCUT2D eigenvalue weighted by molar-refractivity contribution is -0.432. The highest BCUT2D eigenvalue weighted by Crippen LogP contribution is 2.47. The fourth-order valence-electron chi connectivity index (χ4n) is 7.65. The van der Waals surface area contributed by atoms with Crippen LogP contribution in [0.2, 0.25) is 0 Å². The lowest BCUT2D eigenvalue weighted by atomic mass is 10.1. The average Bonchev–Trinajstić information content (AvgIpc) is 3.88. The molecule has 0 fully saturated rings. The van der Waals surface area contributed by atoms with Gasteiger partial charge in [0.05, 0.1) is 82.9 Å². The Bertz CT molecular complexity index is 4110. The van der Waals surface area contributed by atoms with Crippen LogP contribution in [0.3, 0.4) is 0 Å². The predicted molar refractivity (Wildman–Crippen MR) is 274 cm³/mol. The van der Waals surface area contributed by atoms with Crippen LogP contribution >= 0.6 is 36.1 Å². The van der Waals surface area contributed by atoms with Gasteiger partial charge in [0.2, 0.25) is 0 Å². The van der Waals surface area contributed by atoms with Gasteiger partial charge in [0.15, 0.2) is 5.75 Å². The van der Waals surface area contributed by atoms with E-state index >= 15 is 0 Å². The molecule has 0 saturated carbocycles. The number of phenols is 1. The highest BCUT2D eigenvalue weighted by atomic mass is 32.2. The van der Waals surface area contributed by atoms with E-state index in [9.17, 15) is 31.0 Å². The van der Waals surface area contributed by atoms with Gasteiger partial charge in [-0.15, -0.1) is 38.5 Å². The third kappa shape index (κ3) is 12.0. The van der Waals surface area contributed by atoms with Crippen molar-refractivity contribution in [2.75, 3.05) is 14.2 Å². The molecule has 396 valence electrons. The van der Waals surface area contributed by atoms with Gasteiger partial charge in [0.25, 0.3) is 20.2 Å². The first kappa shape index (κ1) is 54.4. The summed E-state index contributed by atoms with van der Waals surface area (Å²) in [6, 6.07) is 27.3. The zero-order valence-electron chi connectivity index (χ0n) is 39.0. The molecule has 9 aromatic rings. The minimum Gasteiger partial charge on any atom is -0.505 e. The van der Waals surface area contributed by atoms with Crippen molar-refractivity contribution in [2.24, 2.45) is 30.7 Å². The van der Waals surface area contributed by atoms with E-state index in [-0.39, 0.29) is 66.4 Å². The van der Waals surface area contributed by atoms with Crippen LogP contribution in [-0.2, 0) is 48.4 Å². The SMILES string of the molecule is COc1cc(N=Nc2c(SOOO)cc3cc(-n4nc5ccc6c(S(=O)(=O)O)cc(S(=O)(=O)O)cc6c5n4)ccc3c2O)c(OC)cc1N=Nc1ccc(N=Nc2ccc3c(SOOO)cc(SOOO)cc3c2)c(C)c1. The lowest BCUT2D eigenvalue weighted by Crippen LogP contribution is -2.04. The first-order valence-corrected chi connectivity index (χ1v) is 26.3. The number of azo groups is 3. The van der Waals surface area contributed by atoms with Crippen LogP contribution in [0.4, 0.5) is 34.1 Å². The fraction of sp³-hybridized carbons (Fsp3) is 0.0667. The molecule has 0 radical (unpaired) electrons. The number of fused-ring (bicyclic) bond motifs is 5. The van der Waals surface area contributed by atoms with Gasteiger partial charge in [-0.25, -0.2) is 15.8 Å². The van der Waals surface area contributed by atoms with E-state index < -0.39 is 30.0 Å². The van der Waals surface area contributed by atoms with Crippen molar-refractivity contribution in [1.29, 1.82) is 0 Å². The van der Waals surface area contributed by atoms with Gasteiger partial charge in [-0.3, -0.25) is 9.11 Å². The highest BCUT2D eigenvalue weighted by molar-refractivity contribution is 7.95. The smallest absolute Gasteiger partial charge is 0.295 e. The van der Waals surface area contributed by atoms with Crippen LogP contribution in [0, 0.1) is 6.92 Å². The molecule has 0 aliphatic rings. The van der Waals surface area contributed by atoms with Crippen molar-refractivity contribution in [2.45, 2.75) is 31.4 Å². The van der Waals surface area contributed by atoms with Crippen LogP contribution in [0.5, 0.6) is 17.2 Å². The Morgan fingerprint density at radius 3 is 1.82 bits per heavy atom. The Kier molecular flexibility index (Phi) is 16.3. The Balaban J connectivity index is 0.970. The second kappa shape index (κ2) is 23.1. The first-order valence-electron chi connectivity index (χ1n) is 21.2. The van der Waals surface area contributed by atoms with E-state index in [4.69, 9.17) is 29.6 Å². The molecule has 77 heavy (non-hydrogen) atoms. The zero-order chi connectivity index (χ0) is 54.6. The molecule has 1 heterocycles. The number of aromatic hydroxyl groups is 1. The van der Waals surface area contributed by atoms with E-state index in [1.807, 2.05) is 6.92 Å². The molecule has 1 aromatic heterocycles. The zero-order valence-corrected chi connectivity index (χ0v) is 43.1. The maximum absolute atomic E-state index is 12.3. The van der Waals surface area contributed by atoms with Crippen molar-refractivity contribution >= 4 is 134 Å². The first-order chi connectivity index (χ1) is 37.0. The molecule has 0 aliphatic heterocycles. The molecule has 0 saturated heterocycles. The van der Waals surface area contributed by atoms with Crippen LogP contribution in [0.15, 0.2) is 164 Å². The largest absolute Gasteiger partial charge is 0.505 e. The molecule has 0 spiro atoms. The second-order valence-corrected chi connectivity index (χ2v) is 20.7. The molecule has 0 unspecified atom stereocenters. The second-order valence-electron chi connectivity index (χ2n) is 15.6. The number of ether oxygens (including phenoxy) is 2. The van der Waals surface area contributed by atoms with Gasteiger partial charge < -0.3 is 14.6 Å². The van der Waals surface area contributed by atoms with Crippen molar-refractivity contribution in [1.82, 2.24) is 15.0 Å². The molecule has 27 nitrogen and oxygen atoms in total. The minimum atomic E-state index is -4.97. The number of rotatable bonds is 20. The number of aryl methyl sites for hydroxylation is 1. The van der Waals surface area contributed by atoms with E-state index in [0.29, 0.717) is 61.4 Å². The summed E-state index contributed by atoms with van der Waals surface area (Å²) in [5.41, 5.74) is 2.98. The Morgan fingerprint density at radius 2 is 1.16 bits per heavy atom. The molecule has 32 heteroatoms. The minimum absolute atomic E-state index is 0.0187. The van der Waals surface area contributed by atoms with Crippen LogP contribution in [0.25, 0.3) is 49.0 Å². The number of aromatic nitrogens is 3. The van der Waals surface area contributed by atoms with E-state index in [0.717, 1.165) is 45.9 Å². The van der Waals surface area contributed by atoms with Crippen molar-refractivity contribution in [3.05, 3.63) is 115 Å². The molecule has 0 bridgehead atoms. The van der Waals surface area contributed by atoms with Gasteiger partial charge in [-0.1, -0.05) is 27.2 Å². The number of hydrogen-bond donors (Lipinski definition) is 6. The molecule has 9 rings (SSSR count). The third-order valence-corrected chi connectivity index (χ3v) is 14.6. The van der Waals surface area contributed by atoms with Crippen molar-refractivity contribution in [3.63, 3.8) is 0 Å². The maximum atomic E-state index is 12.3. The number of methoxy groups -OCH3 is 2. The van der Waals surface area contributed by atoms with E-state index in [1.54, 1.807) is 54.6 Å². The lowest BCUT2D eigenvalue weighted by Gasteiger charge is -2.11. The summed E-state index contributed by atoms with van der Waals surface area (Å²) in [5, 5.41) is 86.2. The summed E-state index contributed by atoms with van der Waals surface area (Å²) in [7, 11) is -7.10. The standard InChI is InChI=1S/C45H33N9O18S5/c1-22-12-25(5-10-34(22)48-47-26-4-7-30-23(13-26)15-28(73-70-67-56)17-40(30)74-71-68-57)46-49-36-20-39(66-3)37(21-38(36)65-2)50-51-44-41(75-72-69-58)16-24-14-27(6-8-31(24)45(44)55)54-52-35-11-9-32-33(43(35)53-54)18-29(76(59,60)61)19-42(32)77(62,63)64/h4-21,55-58H,1-3H3,(H,59,60,61)(H,62,63,64). The summed E-state index contributed by atoms with van der Waals surface area (Å²) in [6.45, 7) is 1.82. The predicted octanol–water partition coefficient (Wildman–Crippen LogP) is 12.9. The Labute approximate surface area is 445 Å². The molecular formula is C45H33N9O18S5. The molecular weight excluding hydrogens is 1110 g/mol. The van der Waals surface area contributed by atoms with Gasteiger partial charge in [0, 0.05) is 38.1 Å². The maximum Gasteiger partial charge on any atom is 0.295 e. The average molecular weight is 1150 g/mol. The van der Waals surface area contributed by atoms with Gasteiger partial charge in [0.1, 0.15) is 44.5 Å². The van der Waals surface area contributed by atoms with Crippen LogP contribution < -0.4 is 9.47 Å². The van der Waals surface area contributed by atoms with E-state index in [2.05, 4.69) is 64.7 Å². The summed E-state index contributed by atoms with van der Waals surface area (Å²) < 4.78 is 93.5. The number of hydrogen-bond acceptors (Lipinski definition) is 27. The van der Waals surface area contributed by atoms with Gasteiger partial charge in [-0.2, -0.15) is 37.0 Å². The Hall–Kier alpha value is -7.35. The van der Waals surface area contributed by atoms with Gasteiger partial charge >= 0.3 is 0 Å². The molecule has 0 aliphatic carbocycles. The fourth-order valence-corrected chi connectivity index (χ4v) is 10.6. The highest BCUT2D eigenvalue weighted by Gasteiger charge is 2.24. The molecule has 0 atom stereocenters. The van der Waals surface area contributed by atoms with Crippen LogP contribution in [0.1, 0.15) is 5.56 Å². The topological polar surface area (TPSA) is 368 Å². The van der Waals surface area contributed by atoms with Crippen LogP contribution in [-0.4, -0.2) is 76.0 Å².